The summed E-state index contributed by atoms with van der Waals surface area (Å²) in [5.74, 6) is -0.872. The molecule has 0 aliphatic rings. The van der Waals surface area contributed by atoms with Crippen LogP contribution < -0.4 is 10.6 Å². The highest BCUT2D eigenvalue weighted by molar-refractivity contribution is 6.42. The van der Waals surface area contributed by atoms with Gasteiger partial charge in [-0.05, 0) is 25.1 Å². The van der Waals surface area contributed by atoms with Crippen LogP contribution in [-0.2, 0) is 9.53 Å². The van der Waals surface area contributed by atoms with Gasteiger partial charge in [0.1, 0.15) is 11.6 Å². The topological polar surface area (TPSA) is 91.2 Å². The molecular weight excluding hydrogens is 317 g/mol. The normalized spacial score (nSPS) is 10.5. The number of ether oxygens (including phenoxy) is 1. The fourth-order valence-electron chi connectivity index (χ4n) is 1.22. The predicted molar refractivity (Wildman–Crippen MR) is 78.9 cm³/mol. The number of anilines is 1. The number of nitrogens with one attached hydrogen (secondary N) is 2. The van der Waals surface area contributed by atoms with Gasteiger partial charge >= 0.3 is 6.09 Å². The monoisotopic (exact) mass is 327 g/mol. The number of rotatable bonds is 4. The van der Waals surface area contributed by atoms with Crippen molar-refractivity contribution in [1.29, 1.82) is 5.26 Å². The van der Waals surface area contributed by atoms with Crippen molar-refractivity contribution in [2.75, 3.05) is 11.9 Å². The molecule has 8 heteroatoms. The lowest BCUT2D eigenvalue weighted by Crippen LogP contribution is -2.32. The molecule has 110 valence electrons. The lowest BCUT2D eigenvalue weighted by atomic mass is 10.3. The third kappa shape index (κ3) is 5.34. The molecule has 0 heterocycles. The van der Waals surface area contributed by atoms with E-state index in [0.29, 0.717) is 15.7 Å². The largest absolute Gasteiger partial charge is 0.450 e. The minimum atomic E-state index is -0.918. The molecule has 0 atom stereocenters. The van der Waals surface area contributed by atoms with Crippen LogP contribution in [0.25, 0.3) is 0 Å². The van der Waals surface area contributed by atoms with E-state index in [1.54, 1.807) is 25.1 Å². The molecule has 21 heavy (non-hydrogen) atoms. The van der Waals surface area contributed by atoms with Crippen molar-refractivity contribution in [2.24, 2.45) is 0 Å². The zero-order valence-corrected chi connectivity index (χ0v) is 12.5. The van der Waals surface area contributed by atoms with E-state index in [9.17, 15) is 9.59 Å². The second-order valence-corrected chi connectivity index (χ2v) is 4.43. The van der Waals surface area contributed by atoms with E-state index in [4.69, 9.17) is 28.5 Å². The van der Waals surface area contributed by atoms with Crippen LogP contribution in [0.15, 0.2) is 30.0 Å². The zero-order chi connectivity index (χ0) is 15.8. The van der Waals surface area contributed by atoms with E-state index in [2.05, 4.69) is 10.1 Å². The third-order valence-corrected chi connectivity index (χ3v) is 2.90. The Hall–Kier alpha value is -2.23. The minimum Gasteiger partial charge on any atom is -0.450 e. The number of hydrogen-bond donors (Lipinski definition) is 2. The van der Waals surface area contributed by atoms with E-state index in [-0.39, 0.29) is 12.2 Å². The number of nitriles is 1. The number of hydrogen-bond acceptors (Lipinski definition) is 5. The van der Waals surface area contributed by atoms with E-state index in [1.807, 2.05) is 5.32 Å². The number of amides is 2. The van der Waals surface area contributed by atoms with Crippen LogP contribution in [0.1, 0.15) is 6.92 Å². The molecule has 0 aromatic heterocycles. The summed E-state index contributed by atoms with van der Waals surface area (Å²) in [7, 11) is 0. The summed E-state index contributed by atoms with van der Waals surface area (Å²) in [5, 5.41) is 14.2. The van der Waals surface area contributed by atoms with Gasteiger partial charge < -0.3 is 10.1 Å². The molecule has 0 aliphatic carbocycles. The highest BCUT2D eigenvalue weighted by atomic mass is 35.5. The first-order valence-corrected chi connectivity index (χ1v) is 6.53. The molecule has 0 aliphatic heterocycles. The number of alkyl carbamates (subject to hydrolysis) is 1. The molecule has 0 saturated carbocycles. The number of benzene rings is 1. The molecule has 0 fully saturated rings. The molecule has 1 aromatic carbocycles. The van der Waals surface area contributed by atoms with E-state index >= 15 is 0 Å². The van der Waals surface area contributed by atoms with Crippen LogP contribution in [0.5, 0.6) is 0 Å². The summed E-state index contributed by atoms with van der Waals surface area (Å²) in [5.41, 5.74) is 0.232. The molecule has 2 amide bonds. The van der Waals surface area contributed by atoms with Gasteiger partial charge in [-0.2, -0.15) is 5.26 Å². The Morgan fingerprint density at radius 3 is 2.67 bits per heavy atom. The summed E-state index contributed by atoms with van der Waals surface area (Å²) in [6.45, 7) is 1.71. The van der Waals surface area contributed by atoms with Crippen LogP contribution >= 0.6 is 23.2 Å². The van der Waals surface area contributed by atoms with Gasteiger partial charge in [0.25, 0.3) is 5.91 Å². The minimum absolute atomic E-state index is 0.117. The molecule has 0 spiro atoms. The van der Waals surface area contributed by atoms with Crippen molar-refractivity contribution in [3.8, 4) is 6.07 Å². The molecule has 1 aromatic rings. The summed E-state index contributed by atoms with van der Waals surface area (Å²) >= 11 is 11.6. The Kier molecular flexibility index (Phi) is 6.53. The molecule has 6 nitrogen and oxygen atoms in total. The highest BCUT2D eigenvalue weighted by Crippen LogP contribution is 2.25. The Bertz CT molecular complexity index is 624. The Labute approximate surface area is 131 Å². The van der Waals surface area contributed by atoms with Crippen molar-refractivity contribution in [3.63, 3.8) is 0 Å². The average molecular weight is 328 g/mol. The van der Waals surface area contributed by atoms with Crippen LogP contribution in [-0.4, -0.2) is 18.6 Å². The first-order chi connectivity index (χ1) is 9.97. The predicted octanol–water partition coefficient (Wildman–Crippen LogP) is 3.09. The van der Waals surface area contributed by atoms with Crippen molar-refractivity contribution in [1.82, 2.24) is 5.32 Å². The second kappa shape index (κ2) is 8.15. The first-order valence-electron chi connectivity index (χ1n) is 5.78. The van der Waals surface area contributed by atoms with Gasteiger partial charge in [0.05, 0.1) is 16.7 Å². The fraction of sp³-hybridized carbons (Fsp3) is 0.154. The maximum Gasteiger partial charge on any atom is 0.414 e. The summed E-state index contributed by atoms with van der Waals surface area (Å²) in [6, 6.07) is 6.37. The van der Waals surface area contributed by atoms with Gasteiger partial charge in [-0.3, -0.25) is 10.1 Å². The fourth-order valence-corrected chi connectivity index (χ4v) is 1.52. The smallest absolute Gasteiger partial charge is 0.414 e. The lowest BCUT2D eigenvalue weighted by molar-refractivity contribution is -0.116. The van der Waals surface area contributed by atoms with Gasteiger partial charge in [0.15, 0.2) is 0 Å². The maximum absolute atomic E-state index is 11.6. The standard InChI is InChI=1S/C13H11Cl2N3O3/c1-2-21-13(20)18-12(19)8(6-16)7-17-9-3-4-10(14)11(15)5-9/h3-5,7,17H,2H2,1H3,(H,18,19,20). The maximum atomic E-state index is 11.6. The highest BCUT2D eigenvalue weighted by Gasteiger charge is 2.13. The Balaban J connectivity index is 2.75. The SMILES string of the molecule is CCOC(=O)NC(=O)C(C#N)=CNc1ccc(Cl)c(Cl)c1. The molecular formula is C13H11Cl2N3O3. The van der Waals surface area contributed by atoms with Gasteiger partial charge in [-0.1, -0.05) is 23.2 Å². The second-order valence-electron chi connectivity index (χ2n) is 3.62. The van der Waals surface area contributed by atoms with E-state index in [0.717, 1.165) is 6.20 Å². The first kappa shape index (κ1) is 16.8. The van der Waals surface area contributed by atoms with Crippen molar-refractivity contribution < 1.29 is 14.3 Å². The summed E-state index contributed by atoms with van der Waals surface area (Å²) in [6.07, 6.45) is 0.229. The Morgan fingerprint density at radius 2 is 2.10 bits per heavy atom. The number of carbonyl (C=O) groups excluding carboxylic acids is 2. The molecule has 0 bridgehead atoms. The quantitative estimate of drug-likeness (QED) is 0.655. The average Bonchev–Trinajstić information content (AvgIpc) is 2.43. The molecule has 0 saturated heterocycles. The third-order valence-electron chi connectivity index (χ3n) is 2.16. The van der Waals surface area contributed by atoms with Crippen LogP contribution in [0.4, 0.5) is 10.5 Å². The Morgan fingerprint density at radius 1 is 1.38 bits per heavy atom. The molecule has 0 unspecified atom stereocenters. The van der Waals surface area contributed by atoms with Crippen molar-refractivity contribution in [3.05, 3.63) is 40.0 Å². The van der Waals surface area contributed by atoms with Crippen molar-refractivity contribution in [2.45, 2.75) is 6.92 Å². The van der Waals surface area contributed by atoms with Gasteiger partial charge in [0, 0.05) is 11.9 Å². The summed E-state index contributed by atoms with van der Waals surface area (Å²) < 4.78 is 4.54. The summed E-state index contributed by atoms with van der Waals surface area (Å²) in [4.78, 5) is 22.7. The van der Waals surface area contributed by atoms with Gasteiger partial charge in [-0.25, -0.2) is 4.79 Å². The molecule has 1 rings (SSSR count). The van der Waals surface area contributed by atoms with E-state index < -0.39 is 12.0 Å². The van der Waals surface area contributed by atoms with Gasteiger partial charge in [-0.15, -0.1) is 0 Å². The number of imide groups is 1. The van der Waals surface area contributed by atoms with Crippen LogP contribution in [0.3, 0.4) is 0 Å². The number of nitrogens with zero attached hydrogens (tertiary/aromatic N) is 1. The van der Waals surface area contributed by atoms with Crippen LogP contribution in [0.2, 0.25) is 10.0 Å². The molecule has 2 N–H and O–H groups in total. The number of carbonyl (C=O) groups is 2. The number of halogens is 2. The van der Waals surface area contributed by atoms with Gasteiger partial charge in [0.2, 0.25) is 0 Å². The van der Waals surface area contributed by atoms with Crippen molar-refractivity contribution >= 4 is 40.9 Å². The van der Waals surface area contributed by atoms with Crippen LogP contribution in [0, 0.1) is 11.3 Å². The van der Waals surface area contributed by atoms with E-state index in [1.165, 1.54) is 6.07 Å². The lowest BCUT2D eigenvalue weighted by Gasteiger charge is -2.05. The zero-order valence-electron chi connectivity index (χ0n) is 10.9. The molecule has 0 radical (unpaired) electrons.